The molecule has 1 aliphatic heterocycles. The van der Waals surface area contributed by atoms with Gasteiger partial charge in [-0.25, -0.2) is 9.37 Å². The molecule has 9 heteroatoms. The lowest BCUT2D eigenvalue weighted by molar-refractivity contribution is 0.0685. The van der Waals surface area contributed by atoms with Crippen LogP contribution in [0.4, 0.5) is 10.3 Å². The first-order valence-electron chi connectivity index (χ1n) is 9.88. The summed E-state index contributed by atoms with van der Waals surface area (Å²) in [5, 5.41) is 0. The van der Waals surface area contributed by atoms with Crippen LogP contribution in [0.1, 0.15) is 28.4 Å². The molecule has 3 heterocycles. The number of amides is 1. The Balaban J connectivity index is 1.71. The van der Waals surface area contributed by atoms with Crippen molar-refractivity contribution in [3.8, 4) is 11.3 Å². The fraction of sp³-hybridized carbons (Fsp3) is 0.273. The number of halogens is 1. The van der Waals surface area contributed by atoms with Gasteiger partial charge in [0.2, 0.25) is 11.9 Å². The van der Waals surface area contributed by atoms with Crippen LogP contribution in [-0.4, -0.2) is 40.1 Å². The van der Waals surface area contributed by atoms with Gasteiger partial charge < -0.3 is 15.4 Å². The van der Waals surface area contributed by atoms with E-state index in [1.807, 2.05) is 11.0 Å². The maximum absolute atomic E-state index is 14.3. The Labute approximate surface area is 178 Å². The van der Waals surface area contributed by atoms with Crippen LogP contribution in [0.15, 0.2) is 53.6 Å². The number of carbonyl (C=O) groups is 1. The first-order chi connectivity index (χ1) is 14.9. The Kier molecular flexibility index (Phi) is 5.77. The van der Waals surface area contributed by atoms with Crippen LogP contribution in [0.25, 0.3) is 11.3 Å². The van der Waals surface area contributed by atoms with E-state index in [0.717, 1.165) is 18.2 Å². The summed E-state index contributed by atoms with van der Waals surface area (Å²) in [6.45, 7) is 1.52. The number of primary amides is 1. The minimum Gasteiger partial charge on any atom is -0.372 e. The summed E-state index contributed by atoms with van der Waals surface area (Å²) in [6.07, 6.45) is 2.92. The monoisotopic (exact) mass is 423 g/mol. The zero-order valence-electron chi connectivity index (χ0n) is 17.0. The molecule has 31 heavy (non-hydrogen) atoms. The molecule has 2 N–H and O–H groups in total. The van der Waals surface area contributed by atoms with Gasteiger partial charge in [0.1, 0.15) is 6.10 Å². The van der Waals surface area contributed by atoms with E-state index >= 15 is 0 Å². The van der Waals surface area contributed by atoms with Crippen LogP contribution in [0.5, 0.6) is 0 Å². The molecule has 0 bridgehead atoms. The first kappa shape index (κ1) is 20.7. The Morgan fingerprint density at radius 3 is 2.90 bits per heavy atom. The zero-order chi connectivity index (χ0) is 22.0. The predicted octanol–water partition coefficient (Wildman–Crippen LogP) is 2.05. The van der Waals surface area contributed by atoms with Gasteiger partial charge in [-0.2, -0.15) is 0 Å². The predicted molar refractivity (Wildman–Crippen MR) is 113 cm³/mol. The quantitative estimate of drug-likeness (QED) is 0.689. The molecule has 0 radical (unpaired) electrons. The van der Waals surface area contributed by atoms with Crippen molar-refractivity contribution < 1.29 is 13.9 Å². The molecule has 1 saturated heterocycles. The number of hydrogen-bond donors (Lipinski definition) is 1. The van der Waals surface area contributed by atoms with E-state index in [1.54, 1.807) is 25.2 Å². The molecule has 1 atom stereocenters. The summed E-state index contributed by atoms with van der Waals surface area (Å²) < 4.78 is 21.7. The molecule has 1 fully saturated rings. The second-order valence-corrected chi connectivity index (χ2v) is 7.34. The van der Waals surface area contributed by atoms with Crippen LogP contribution < -0.4 is 16.2 Å². The van der Waals surface area contributed by atoms with Gasteiger partial charge in [-0.3, -0.25) is 19.1 Å². The summed E-state index contributed by atoms with van der Waals surface area (Å²) in [5.41, 5.74) is 6.78. The summed E-state index contributed by atoms with van der Waals surface area (Å²) in [7, 11) is 1.63. The Morgan fingerprint density at radius 1 is 1.29 bits per heavy atom. The van der Waals surface area contributed by atoms with Crippen molar-refractivity contribution in [1.29, 1.82) is 0 Å². The summed E-state index contributed by atoms with van der Waals surface area (Å²) in [4.78, 5) is 34.5. The number of hydrogen-bond acceptors (Lipinski definition) is 6. The molecular formula is C22H22FN5O3. The summed E-state index contributed by atoms with van der Waals surface area (Å²) >= 11 is 0. The van der Waals surface area contributed by atoms with Crippen molar-refractivity contribution in [2.75, 3.05) is 24.6 Å². The van der Waals surface area contributed by atoms with Crippen LogP contribution in [0.3, 0.4) is 0 Å². The topological polar surface area (TPSA) is 103 Å². The lowest BCUT2D eigenvalue weighted by Crippen LogP contribution is -2.34. The molecular weight excluding hydrogens is 401 g/mol. The number of rotatable bonds is 4. The average molecular weight is 423 g/mol. The SMILES string of the molecule is Cn1c(N2CCCOC(c3cccc(C(N)=O)c3)C2)nc(-c2ccncc2F)cc1=O. The number of pyridine rings is 1. The number of aromatic nitrogens is 3. The number of nitrogens with two attached hydrogens (primary N) is 1. The minimum atomic E-state index is -0.547. The fourth-order valence-electron chi connectivity index (χ4n) is 3.63. The van der Waals surface area contributed by atoms with Crippen molar-refractivity contribution in [2.45, 2.75) is 12.5 Å². The third-order valence-electron chi connectivity index (χ3n) is 5.26. The second kappa shape index (κ2) is 8.65. The molecule has 0 saturated carbocycles. The highest BCUT2D eigenvalue weighted by Gasteiger charge is 2.24. The maximum atomic E-state index is 14.3. The zero-order valence-corrected chi connectivity index (χ0v) is 17.0. The lowest BCUT2D eigenvalue weighted by atomic mass is 10.1. The molecule has 160 valence electrons. The van der Waals surface area contributed by atoms with Crippen LogP contribution in [0, 0.1) is 5.82 Å². The van der Waals surface area contributed by atoms with E-state index in [-0.39, 0.29) is 22.9 Å². The van der Waals surface area contributed by atoms with Crippen LogP contribution in [0.2, 0.25) is 0 Å². The average Bonchev–Trinajstić information content (AvgIpc) is 3.02. The highest BCUT2D eigenvalue weighted by atomic mass is 19.1. The van der Waals surface area contributed by atoms with E-state index in [0.29, 0.717) is 31.2 Å². The van der Waals surface area contributed by atoms with Gasteiger partial charge in [0.05, 0.1) is 18.4 Å². The normalized spacial score (nSPS) is 16.7. The van der Waals surface area contributed by atoms with E-state index in [1.165, 1.54) is 22.9 Å². The molecule has 0 aliphatic carbocycles. The van der Waals surface area contributed by atoms with Gasteiger partial charge in [0.15, 0.2) is 5.82 Å². The fourth-order valence-corrected chi connectivity index (χ4v) is 3.63. The van der Waals surface area contributed by atoms with E-state index in [9.17, 15) is 14.0 Å². The Morgan fingerprint density at radius 2 is 2.13 bits per heavy atom. The molecule has 1 amide bonds. The van der Waals surface area contributed by atoms with Gasteiger partial charge in [-0.05, 0) is 30.2 Å². The van der Waals surface area contributed by atoms with E-state index < -0.39 is 11.7 Å². The van der Waals surface area contributed by atoms with Crippen molar-refractivity contribution in [3.63, 3.8) is 0 Å². The standard InChI is InChI=1S/C22H22FN5O3/c1-27-20(29)11-18(16-6-7-25-12-17(16)23)26-22(27)28-8-3-9-31-19(13-28)14-4-2-5-15(10-14)21(24)30/h2,4-7,10-12,19H,3,8-9,13H2,1H3,(H2,24,30). The number of anilines is 1. The molecule has 4 rings (SSSR count). The molecule has 1 aliphatic rings. The Bertz CT molecular complexity index is 1180. The van der Waals surface area contributed by atoms with Gasteiger partial charge in [0.25, 0.3) is 5.56 Å². The van der Waals surface area contributed by atoms with E-state index in [4.69, 9.17) is 10.5 Å². The minimum absolute atomic E-state index is 0.214. The highest BCUT2D eigenvalue weighted by Crippen LogP contribution is 2.27. The van der Waals surface area contributed by atoms with Crippen molar-refractivity contribution in [1.82, 2.24) is 14.5 Å². The maximum Gasteiger partial charge on any atom is 0.255 e. The largest absolute Gasteiger partial charge is 0.372 e. The third kappa shape index (κ3) is 4.31. The summed E-state index contributed by atoms with van der Waals surface area (Å²) in [6, 6.07) is 9.79. The lowest BCUT2D eigenvalue weighted by Gasteiger charge is -2.27. The molecule has 8 nitrogen and oxygen atoms in total. The van der Waals surface area contributed by atoms with Crippen molar-refractivity contribution in [3.05, 3.63) is 76.1 Å². The number of ether oxygens (including phenoxy) is 1. The van der Waals surface area contributed by atoms with Gasteiger partial charge >= 0.3 is 0 Å². The number of benzene rings is 1. The number of carbonyl (C=O) groups excluding carboxylic acids is 1. The van der Waals surface area contributed by atoms with Crippen LogP contribution >= 0.6 is 0 Å². The molecule has 3 aromatic rings. The number of nitrogens with zero attached hydrogens (tertiary/aromatic N) is 4. The Hall–Kier alpha value is -3.59. The smallest absolute Gasteiger partial charge is 0.255 e. The van der Waals surface area contributed by atoms with Crippen molar-refractivity contribution >= 4 is 11.9 Å². The van der Waals surface area contributed by atoms with Crippen LogP contribution in [-0.2, 0) is 11.8 Å². The van der Waals surface area contributed by atoms with Gasteiger partial charge in [-0.1, -0.05) is 12.1 Å². The molecule has 1 unspecified atom stereocenters. The highest BCUT2D eigenvalue weighted by molar-refractivity contribution is 5.92. The van der Waals surface area contributed by atoms with E-state index in [2.05, 4.69) is 9.97 Å². The molecule has 0 spiro atoms. The van der Waals surface area contributed by atoms with Gasteiger partial charge in [-0.15, -0.1) is 0 Å². The molecule has 2 aromatic heterocycles. The van der Waals surface area contributed by atoms with Crippen molar-refractivity contribution in [2.24, 2.45) is 12.8 Å². The second-order valence-electron chi connectivity index (χ2n) is 7.34. The summed E-state index contributed by atoms with van der Waals surface area (Å²) in [5.74, 6) is -0.640. The van der Waals surface area contributed by atoms with Gasteiger partial charge in [0, 0.05) is 43.6 Å². The molecule has 1 aromatic carbocycles. The first-order valence-corrected chi connectivity index (χ1v) is 9.88. The third-order valence-corrected chi connectivity index (χ3v) is 5.26.